The fourth-order valence-electron chi connectivity index (χ4n) is 2.18. The highest BCUT2D eigenvalue weighted by atomic mass is 19.2. The molecule has 3 aromatic rings. The molecule has 0 radical (unpaired) electrons. The molecule has 0 aliphatic heterocycles. The van der Waals surface area contributed by atoms with Gasteiger partial charge < -0.3 is 10.1 Å². The van der Waals surface area contributed by atoms with E-state index in [1.807, 2.05) is 6.07 Å². The van der Waals surface area contributed by atoms with Crippen LogP contribution in [0.1, 0.15) is 10.4 Å². The Labute approximate surface area is 142 Å². The molecular weight excluding hydrogens is 328 g/mol. The highest BCUT2D eigenvalue weighted by Crippen LogP contribution is 2.22. The van der Waals surface area contributed by atoms with Gasteiger partial charge in [0.2, 0.25) is 5.88 Å². The maximum atomic E-state index is 13.2. The number of amides is 1. The molecule has 1 aromatic heterocycles. The summed E-state index contributed by atoms with van der Waals surface area (Å²) >= 11 is 0. The molecule has 1 heterocycles. The predicted molar refractivity (Wildman–Crippen MR) is 88.3 cm³/mol. The van der Waals surface area contributed by atoms with Crippen LogP contribution < -0.4 is 10.1 Å². The number of methoxy groups -OCH3 is 1. The summed E-state index contributed by atoms with van der Waals surface area (Å²) in [4.78, 5) is 12.2. The van der Waals surface area contributed by atoms with Crippen molar-refractivity contribution in [3.05, 3.63) is 71.8 Å². The molecule has 0 atom stereocenters. The standard InChI is InChI=1S/C18H13F2N3O2/c1-25-17-8-7-16(22-23-17)11-3-2-4-13(9-11)21-18(24)12-5-6-14(19)15(20)10-12/h2-10H,1H3,(H,21,24). The van der Waals surface area contributed by atoms with Crippen LogP contribution in [0.5, 0.6) is 5.88 Å². The lowest BCUT2D eigenvalue weighted by Gasteiger charge is -2.08. The van der Waals surface area contributed by atoms with Crippen LogP contribution in [-0.4, -0.2) is 23.2 Å². The topological polar surface area (TPSA) is 64.1 Å². The lowest BCUT2D eigenvalue weighted by Crippen LogP contribution is -2.12. The monoisotopic (exact) mass is 341 g/mol. The van der Waals surface area contributed by atoms with Gasteiger partial charge in [-0.25, -0.2) is 8.78 Å². The molecule has 7 heteroatoms. The Hall–Kier alpha value is -3.35. The Morgan fingerprint density at radius 2 is 1.84 bits per heavy atom. The SMILES string of the molecule is COc1ccc(-c2cccc(NC(=O)c3ccc(F)c(F)c3)c2)nn1. The van der Waals surface area contributed by atoms with E-state index in [0.29, 0.717) is 17.3 Å². The largest absolute Gasteiger partial charge is 0.480 e. The number of ether oxygens (including phenoxy) is 1. The first-order chi connectivity index (χ1) is 12.1. The van der Waals surface area contributed by atoms with Crippen LogP contribution in [0.25, 0.3) is 11.3 Å². The van der Waals surface area contributed by atoms with E-state index in [0.717, 1.165) is 17.7 Å². The summed E-state index contributed by atoms with van der Waals surface area (Å²) in [6, 6.07) is 13.3. The summed E-state index contributed by atoms with van der Waals surface area (Å²) in [5.74, 6) is -2.23. The van der Waals surface area contributed by atoms with Gasteiger partial charge in [0.25, 0.3) is 5.91 Å². The molecule has 0 aliphatic carbocycles. The van der Waals surface area contributed by atoms with Gasteiger partial charge in [-0.15, -0.1) is 10.2 Å². The second-order valence-corrected chi connectivity index (χ2v) is 5.12. The van der Waals surface area contributed by atoms with Gasteiger partial charge in [-0.3, -0.25) is 4.79 Å². The Morgan fingerprint density at radius 1 is 1.00 bits per heavy atom. The van der Waals surface area contributed by atoms with E-state index in [-0.39, 0.29) is 5.56 Å². The zero-order chi connectivity index (χ0) is 17.8. The van der Waals surface area contributed by atoms with Crippen molar-refractivity contribution in [1.29, 1.82) is 0 Å². The van der Waals surface area contributed by atoms with Crippen LogP contribution in [0, 0.1) is 11.6 Å². The fourth-order valence-corrected chi connectivity index (χ4v) is 2.18. The number of hydrogen-bond acceptors (Lipinski definition) is 4. The molecule has 25 heavy (non-hydrogen) atoms. The van der Waals surface area contributed by atoms with Crippen molar-refractivity contribution in [2.24, 2.45) is 0 Å². The van der Waals surface area contributed by atoms with Crippen molar-refractivity contribution in [3.8, 4) is 17.1 Å². The second-order valence-electron chi connectivity index (χ2n) is 5.12. The quantitative estimate of drug-likeness (QED) is 0.786. The molecule has 5 nitrogen and oxygen atoms in total. The van der Waals surface area contributed by atoms with Crippen LogP contribution in [0.15, 0.2) is 54.6 Å². The number of nitrogens with one attached hydrogen (secondary N) is 1. The Bertz CT molecular complexity index is 914. The Balaban J connectivity index is 1.81. The average molecular weight is 341 g/mol. The maximum Gasteiger partial charge on any atom is 0.255 e. The van der Waals surface area contributed by atoms with Gasteiger partial charge in [0.05, 0.1) is 12.8 Å². The van der Waals surface area contributed by atoms with Crippen LogP contribution >= 0.6 is 0 Å². The molecule has 3 rings (SSSR count). The first-order valence-corrected chi connectivity index (χ1v) is 7.31. The zero-order valence-corrected chi connectivity index (χ0v) is 13.2. The number of aromatic nitrogens is 2. The normalized spacial score (nSPS) is 10.4. The van der Waals surface area contributed by atoms with Crippen molar-refractivity contribution in [1.82, 2.24) is 10.2 Å². The fraction of sp³-hybridized carbons (Fsp3) is 0.0556. The van der Waals surface area contributed by atoms with Crippen molar-refractivity contribution < 1.29 is 18.3 Å². The number of benzene rings is 2. The molecule has 0 saturated carbocycles. The van der Waals surface area contributed by atoms with E-state index < -0.39 is 17.5 Å². The molecule has 0 saturated heterocycles. The van der Waals surface area contributed by atoms with Crippen LogP contribution in [0.2, 0.25) is 0 Å². The summed E-state index contributed by atoms with van der Waals surface area (Å²) in [5, 5.41) is 10.6. The molecule has 2 aromatic carbocycles. The first kappa shape index (κ1) is 16.5. The molecule has 0 fully saturated rings. The van der Waals surface area contributed by atoms with Gasteiger partial charge in [0.1, 0.15) is 0 Å². The van der Waals surface area contributed by atoms with Gasteiger partial charge in [-0.05, 0) is 36.4 Å². The van der Waals surface area contributed by atoms with Gasteiger partial charge in [0, 0.05) is 22.9 Å². The number of carbonyl (C=O) groups excluding carboxylic acids is 1. The lowest BCUT2D eigenvalue weighted by atomic mass is 10.1. The lowest BCUT2D eigenvalue weighted by molar-refractivity contribution is 0.102. The molecule has 0 unspecified atom stereocenters. The number of nitrogens with zero attached hydrogens (tertiary/aromatic N) is 2. The number of hydrogen-bond donors (Lipinski definition) is 1. The number of carbonyl (C=O) groups is 1. The maximum absolute atomic E-state index is 13.2. The zero-order valence-electron chi connectivity index (χ0n) is 13.2. The minimum Gasteiger partial charge on any atom is -0.480 e. The molecule has 1 amide bonds. The van der Waals surface area contributed by atoms with E-state index in [2.05, 4.69) is 15.5 Å². The summed E-state index contributed by atoms with van der Waals surface area (Å²) < 4.78 is 31.2. The van der Waals surface area contributed by atoms with Crippen molar-refractivity contribution in [2.45, 2.75) is 0 Å². The Kier molecular flexibility index (Phi) is 4.65. The van der Waals surface area contributed by atoms with Crippen molar-refractivity contribution >= 4 is 11.6 Å². The molecule has 126 valence electrons. The van der Waals surface area contributed by atoms with Gasteiger partial charge in [-0.1, -0.05) is 12.1 Å². The van der Waals surface area contributed by atoms with Gasteiger partial charge in [0.15, 0.2) is 11.6 Å². The third-order valence-electron chi connectivity index (χ3n) is 3.45. The Morgan fingerprint density at radius 3 is 2.52 bits per heavy atom. The third-order valence-corrected chi connectivity index (χ3v) is 3.45. The van der Waals surface area contributed by atoms with Crippen molar-refractivity contribution in [3.63, 3.8) is 0 Å². The van der Waals surface area contributed by atoms with E-state index in [1.54, 1.807) is 30.3 Å². The van der Waals surface area contributed by atoms with Gasteiger partial charge in [-0.2, -0.15) is 0 Å². The number of halogens is 2. The smallest absolute Gasteiger partial charge is 0.255 e. The average Bonchev–Trinajstić information content (AvgIpc) is 2.64. The number of rotatable bonds is 4. The third kappa shape index (κ3) is 3.77. The van der Waals surface area contributed by atoms with Gasteiger partial charge >= 0.3 is 0 Å². The molecule has 0 spiro atoms. The number of anilines is 1. The highest BCUT2D eigenvalue weighted by Gasteiger charge is 2.11. The molecule has 0 bridgehead atoms. The molecule has 1 N–H and O–H groups in total. The van der Waals surface area contributed by atoms with Crippen LogP contribution in [0.3, 0.4) is 0 Å². The summed E-state index contributed by atoms with van der Waals surface area (Å²) in [6.45, 7) is 0. The van der Waals surface area contributed by atoms with E-state index in [9.17, 15) is 13.6 Å². The van der Waals surface area contributed by atoms with Crippen molar-refractivity contribution in [2.75, 3.05) is 12.4 Å². The van der Waals surface area contributed by atoms with Crippen LogP contribution in [0.4, 0.5) is 14.5 Å². The second kappa shape index (κ2) is 7.04. The minimum absolute atomic E-state index is 0.0218. The molecular formula is C18H13F2N3O2. The first-order valence-electron chi connectivity index (χ1n) is 7.31. The highest BCUT2D eigenvalue weighted by molar-refractivity contribution is 6.04. The van der Waals surface area contributed by atoms with E-state index in [4.69, 9.17) is 4.74 Å². The molecule has 0 aliphatic rings. The summed E-state index contributed by atoms with van der Waals surface area (Å²) in [7, 11) is 1.50. The summed E-state index contributed by atoms with van der Waals surface area (Å²) in [5.41, 5.74) is 1.85. The van der Waals surface area contributed by atoms with E-state index >= 15 is 0 Å². The van der Waals surface area contributed by atoms with Crippen LogP contribution in [-0.2, 0) is 0 Å². The van der Waals surface area contributed by atoms with E-state index in [1.165, 1.54) is 13.2 Å². The predicted octanol–water partition coefficient (Wildman–Crippen LogP) is 3.68. The minimum atomic E-state index is -1.07. The summed E-state index contributed by atoms with van der Waals surface area (Å²) in [6.07, 6.45) is 0.